The fourth-order valence-corrected chi connectivity index (χ4v) is 3.19. The van der Waals surface area contributed by atoms with Gasteiger partial charge >= 0.3 is 0 Å². The Bertz CT molecular complexity index is 922. The molecule has 0 bridgehead atoms. The van der Waals surface area contributed by atoms with Crippen molar-refractivity contribution in [2.75, 3.05) is 0 Å². The number of rotatable bonds is 2. The van der Waals surface area contributed by atoms with E-state index < -0.39 is 52.3 Å². The maximum atomic E-state index is 11.1. The molecule has 22 heavy (non-hydrogen) atoms. The molecule has 0 aliphatic carbocycles. The topological polar surface area (TPSA) is 228 Å². The monoisotopic (exact) mass is 354 g/mol. The smallest absolute Gasteiger partial charge is 0.141 e. The molecule has 0 saturated carbocycles. The number of benzene rings is 2. The van der Waals surface area contributed by atoms with Crippen LogP contribution >= 0.6 is 0 Å². The van der Waals surface area contributed by atoms with E-state index in [1.54, 1.807) is 0 Å². The van der Waals surface area contributed by atoms with Crippen LogP contribution in [0.1, 0.15) is 0 Å². The van der Waals surface area contributed by atoms with E-state index in [2.05, 4.69) is 0 Å². The van der Waals surface area contributed by atoms with Crippen LogP contribution in [0.4, 0.5) is 0 Å². The Morgan fingerprint density at radius 3 is 1.82 bits per heavy atom. The summed E-state index contributed by atoms with van der Waals surface area (Å²) in [6.45, 7) is 0. The lowest BCUT2D eigenvalue weighted by Gasteiger charge is -2.17. The van der Waals surface area contributed by atoms with Gasteiger partial charge in [0.25, 0.3) is 0 Å². The molecule has 0 saturated heterocycles. The fraction of sp³-hybridized carbons (Fsp3) is 0. The van der Waals surface area contributed by atoms with Gasteiger partial charge in [-0.25, -0.2) is 16.8 Å². The van der Waals surface area contributed by atoms with E-state index in [1.165, 1.54) is 6.07 Å². The number of phenolic OH excluding ortho intramolecular Hbond substituents is 2. The van der Waals surface area contributed by atoms with Crippen molar-refractivity contribution in [3.05, 3.63) is 24.3 Å². The van der Waals surface area contributed by atoms with Gasteiger partial charge in [-0.05, 0) is 12.1 Å². The summed E-state index contributed by atoms with van der Waals surface area (Å²) in [6.07, 6.45) is 0. The largest absolute Gasteiger partial charge is 0.744 e. The Labute approximate surface area is 125 Å². The minimum Gasteiger partial charge on any atom is -0.744 e. The number of aromatic hydroxyl groups is 2. The van der Waals surface area contributed by atoms with Gasteiger partial charge in [0.15, 0.2) is 0 Å². The Morgan fingerprint density at radius 2 is 1.36 bits per heavy atom. The third-order valence-electron chi connectivity index (χ3n) is 2.58. The molecule has 0 amide bonds. The van der Waals surface area contributed by atoms with Crippen molar-refractivity contribution in [3.8, 4) is 11.5 Å². The second kappa shape index (κ2) is 6.04. The normalized spacial score (nSPS) is 11.5. The minimum atomic E-state index is -5.21. The van der Waals surface area contributed by atoms with Gasteiger partial charge in [-0.1, -0.05) is 12.1 Å². The Morgan fingerprint density at radius 1 is 0.864 bits per heavy atom. The lowest BCUT2D eigenvalue weighted by atomic mass is 10.1. The Hall–Kier alpha value is -1.96. The molecule has 0 aromatic heterocycles. The summed E-state index contributed by atoms with van der Waals surface area (Å²) in [4.78, 5) is -2.34. The summed E-state index contributed by atoms with van der Waals surface area (Å²) in [6, 6.07) is 3.53. The van der Waals surface area contributed by atoms with Gasteiger partial charge in [-0.3, -0.25) is 0 Å². The van der Waals surface area contributed by atoms with E-state index in [1.807, 2.05) is 0 Å². The lowest BCUT2D eigenvalue weighted by Crippen LogP contribution is -2.05. The van der Waals surface area contributed by atoms with Crippen molar-refractivity contribution in [1.29, 1.82) is 0 Å². The molecular weight excluding hydrogens is 340 g/mol. The highest BCUT2D eigenvalue weighted by atomic mass is 32.2. The summed E-state index contributed by atoms with van der Waals surface area (Å²) in [5.74, 6) is -1.68. The van der Waals surface area contributed by atoms with Crippen LogP contribution in [0, 0.1) is 0 Å². The zero-order chi connectivity index (χ0) is 15.3. The number of hydrogen-bond acceptors (Lipinski definition) is 8. The Kier molecular flexibility index (Phi) is 5.50. The molecule has 0 heterocycles. The van der Waals surface area contributed by atoms with Crippen molar-refractivity contribution >= 4 is 31.0 Å². The summed E-state index contributed by atoms with van der Waals surface area (Å²) >= 11 is 0. The van der Waals surface area contributed by atoms with Crippen molar-refractivity contribution in [3.63, 3.8) is 0 Å². The molecule has 0 fully saturated rings. The first kappa shape index (κ1) is 20.0. The van der Waals surface area contributed by atoms with Crippen molar-refractivity contribution < 1.29 is 36.2 Å². The highest BCUT2D eigenvalue weighted by molar-refractivity contribution is 7.86. The first-order valence-electron chi connectivity index (χ1n) is 4.93. The number of fused-ring (bicyclic) bond motifs is 1. The quantitative estimate of drug-likeness (QED) is 0.562. The molecule has 0 unspecified atom stereocenters. The maximum Gasteiger partial charge on any atom is 0.141 e. The van der Waals surface area contributed by atoms with Crippen molar-refractivity contribution in [2.45, 2.75) is 9.79 Å². The average molecular weight is 354 g/mol. The molecule has 10 nitrogen and oxygen atoms in total. The molecule has 0 aliphatic rings. The molecule has 10 N–H and O–H groups in total. The van der Waals surface area contributed by atoms with E-state index in [0.717, 1.165) is 12.1 Å². The van der Waals surface area contributed by atoms with Gasteiger partial charge in [0, 0.05) is 10.8 Å². The predicted molar refractivity (Wildman–Crippen MR) is 75.2 cm³/mol. The van der Waals surface area contributed by atoms with Crippen molar-refractivity contribution in [1.82, 2.24) is 12.3 Å². The summed E-state index contributed by atoms with van der Waals surface area (Å²) in [5, 5.41) is 18.3. The van der Waals surface area contributed by atoms with E-state index in [4.69, 9.17) is 0 Å². The van der Waals surface area contributed by atoms with Gasteiger partial charge in [-0.2, -0.15) is 0 Å². The van der Waals surface area contributed by atoms with Crippen LogP contribution in [-0.4, -0.2) is 36.2 Å². The van der Waals surface area contributed by atoms with Gasteiger partial charge in [0.05, 0.1) is 9.79 Å². The summed E-state index contributed by atoms with van der Waals surface area (Å²) in [7, 11) is -10.4. The predicted octanol–water partition coefficient (Wildman–Crippen LogP) is 0.812. The molecule has 2 aromatic rings. The molecular formula is C10H14N2O8S2. The van der Waals surface area contributed by atoms with E-state index >= 15 is 0 Å². The highest BCUT2D eigenvalue weighted by Gasteiger charge is 2.20. The number of phenols is 2. The lowest BCUT2D eigenvalue weighted by molar-refractivity contribution is 0.436. The fourth-order valence-electron chi connectivity index (χ4n) is 1.78. The van der Waals surface area contributed by atoms with Crippen LogP contribution in [0.15, 0.2) is 34.1 Å². The zero-order valence-corrected chi connectivity index (χ0v) is 13.1. The van der Waals surface area contributed by atoms with Crippen LogP contribution < -0.4 is 12.3 Å². The SMILES string of the molecule is O=S(=O)([O-])c1cc(S(=O)(=O)[O-])c2c(O)cccc2c1O.[NH4+].[NH4+]. The van der Waals surface area contributed by atoms with Gasteiger partial charge < -0.3 is 31.6 Å². The molecule has 0 radical (unpaired) electrons. The molecule has 0 aliphatic heterocycles. The zero-order valence-electron chi connectivity index (χ0n) is 11.5. The standard InChI is InChI=1S/C10H8O8S2.2H3N/c11-6-3-1-2-5-9(6)7(19(13,14)15)4-8(10(5)12)20(16,17)18;;/h1-4,11-12H,(H,13,14,15)(H,16,17,18);2*1H3. The second-order valence-corrected chi connectivity index (χ2v) is 6.53. The Balaban J connectivity index is 0.00000220. The van der Waals surface area contributed by atoms with Gasteiger partial charge in [-0.15, -0.1) is 0 Å². The minimum absolute atomic E-state index is 0. The van der Waals surface area contributed by atoms with Gasteiger partial charge in [0.2, 0.25) is 0 Å². The van der Waals surface area contributed by atoms with E-state index in [0.29, 0.717) is 0 Å². The highest BCUT2D eigenvalue weighted by Crippen LogP contribution is 2.40. The molecule has 0 spiro atoms. The second-order valence-electron chi connectivity index (χ2n) is 3.83. The molecule has 2 rings (SSSR count). The summed E-state index contributed by atoms with van der Waals surface area (Å²) in [5.41, 5.74) is 0. The van der Waals surface area contributed by atoms with Crippen LogP contribution in [0.5, 0.6) is 11.5 Å². The third-order valence-corrected chi connectivity index (χ3v) is 4.29. The first-order valence-corrected chi connectivity index (χ1v) is 7.74. The molecule has 2 aromatic carbocycles. The van der Waals surface area contributed by atoms with Crippen LogP contribution in [0.3, 0.4) is 0 Å². The summed E-state index contributed by atoms with van der Waals surface area (Å²) < 4.78 is 66.4. The molecule has 0 atom stereocenters. The molecule has 124 valence electrons. The van der Waals surface area contributed by atoms with E-state index in [-0.39, 0.29) is 18.4 Å². The van der Waals surface area contributed by atoms with Crippen molar-refractivity contribution in [2.24, 2.45) is 0 Å². The van der Waals surface area contributed by atoms with Crippen LogP contribution in [-0.2, 0) is 20.2 Å². The molecule has 12 heteroatoms. The average Bonchev–Trinajstić information content (AvgIpc) is 2.27. The third kappa shape index (κ3) is 3.27. The van der Waals surface area contributed by atoms with Gasteiger partial charge in [0.1, 0.15) is 31.7 Å². The maximum absolute atomic E-state index is 11.1. The van der Waals surface area contributed by atoms with Crippen LogP contribution in [0.25, 0.3) is 10.8 Å². The van der Waals surface area contributed by atoms with Crippen LogP contribution in [0.2, 0.25) is 0 Å². The first-order chi connectivity index (χ1) is 9.03. The number of quaternary nitrogens is 2. The number of hydrogen-bond donors (Lipinski definition) is 4. The van der Waals surface area contributed by atoms with E-state index in [9.17, 15) is 36.2 Å².